The van der Waals surface area contributed by atoms with E-state index >= 15 is 0 Å². The zero-order valence-electron chi connectivity index (χ0n) is 13.8. The molecule has 0 aromatic heterocycles. The molecule has 2 aliphatic heterocycles. The lowest BCUT2D eigenvalue weighted by atomic mass is 9.82. The van der Waals surface area contributed by atoms with Crippen molar-refractivity contribution in [2.45, 2.75) is 57.4 Å². The average molecular weight is 322 g/mol. The third kappa shape index (κ3) is 3.34. The van der Waals surface area contributed by atoms with Gasteiger partial charge in [-0.25, -0.2) is 4.79 Å². The minimum atomic E-state index is -0.789. The number of urea groups is 1. The van der Waals surface area contributed by atoms with E-state index < -0.39 is 11.6 Å². The third-order valence-corrected chi connectivity index (χ3v) is 5.21. The quantitative estimate of drug-likeness (QED) is 0.760. The summed E-state index contributed by atoms with van der Waals surface area (Å²) in [6.07, 6.45) is 6.54. The molecule has 0 unspecified atom stereocenters. The van der Waals surface area contributed by atoms with Crippen molar-refractivity contribution in [3.8, 4) is 0 Å². The highest BCUT2D eigenvalue weighted by atomic mass is 16.2. The Morgan fingerprint density at radius 3 is 2.70 bits per heavy atom. The first kappa shape index (κ1) is 16.2. The molecule has 7 heteroatoms. The van der Waals surface area contributed by atoms with Gasteiger partial charge in [-0.05, 0) is 38.1 Å². The molecule has 1 spiro atoms. The number of nitrogens with zero attached hydrogens (tertiary/aromatic N) is 2. The molecule has 0 aromatic carbocycles. The third-order valence-electron chi connectivity index (χ3n) is 5.21. The van der Waals surface area contributed by atoms with Gasteiger partial charge < -0.3 is 5.32 Å². The fourth-order valence-corrected chi connectivity index (χ4v) is 4.01. The lowest BCUT2D eigenvalue weighted by Gasteiger charge is -2.31. The van der Waals surface area contributed by atoms with Crippen molar-refractivity contribution in [3.05, 3.63) is 0 Å². The van der Waals surface area contributed by atoms with E-state index in [9.17, 15) is 14.4 Å². The van der Waals surface area contributed by atoms with Crippen LogP contribution in [0.3, 0.4) is 0 Å². The van der Waals surface area contributed by atoms with E-state index in [2.05, 4.69) is 22.6 Å². The van der Waals surface area contributed by atoms with Gasteiger partial charge in [-0.1, -0.05) is 26.2 Å². The zero-order valence-corrected chi connectivity index (χ0v) is 13.8. The Morgan fingerprint density at radius 1 is 1.26 bits per heavy atom. The van der Waals surface area contributed by atoms with Gasteiger partial charge in [-0.3, -0.25) is 19.9 Å². The van der Waals surface area contributed by atoms with E-state index in [0.29, 0.717) is 18.8 Å². The number of hydrogen-bond acceptors (Lipinski definition) is 4. The van der Waals surface area contributed by atoms with E-state index in [1.165, 1.54) is 6.42 Å². The van der Waals surface area contributed by atoms with Crippen LogP contribution in [0, 0.1) is 5.92 Å². The van der Waals surface area contributed by atoms with E-state index in [0.717, 1.165) is 43.8 Å². The molecule has 1 atom stereocenters. The maximum Gasteiger partial charge on any atom is 0.344 e. The number of hydrogen-bond donors (Lipinski definition) is 2. The van der Waals surface area contributed by atoms with Crippen LogP contribution in [0.25, 0.3) is 0 Å². The first-order valence-electron chi connectivity index (χ1n) is 8.69. The Hall–Kier alpha value is -1.63. The van der Waals surface area contributed by atoms with Gasteiger partial charge in [0.25, 0.3) is 11.8 Å². The Kier molecular flexibility index (Phi) is 4.57. The Balaban J connectivity index is 1.57. The average Bonchev–Trinajstić information content (AvgIpc) is 2.72. The number of likely N-dealkylation sites (tertiary alicyclic amines) is 1. The molecule has 0 aromatic rings. The van der Waals surface area contributed by atoms with Gasteiger partial charge in [0.1, 0.15) is 5.54 Å². The van der Waals surface area contributed by atoms with E-state index in [-0.39, 0.29) is 18.4 Å². The molecule has 2 saturated heterocycles. The number of carbonyl (C=O) groups is 3. The van der Waals surface area contributed by atoms with Crippen LogP contribution in [0.1, 0.15) is 51.9 Å². The van der Waals surface area contributed by atoms with Crippen molar-refractivity contribution in [1.82, 2.24) is 20.7 Å². The van der Waals surface area contributed by atoms with Crippen molar-refractivity contribution in [2.75, 3.05) is 19.6 Å². The van der Waals surface area contributed by atoms with E-state index in [1.807, 2.05) is 0 Å². The van der Waals surface area contributed by atoms with Crippen LogP contribution < -0.4 is 10.7 Å². The lowest BCUT2D eigenvalue weighted by molar-refractivity contribution is -0.140. The first-order chi connectivity index (χ1) is 11.0. The van der Waals surface area contributed by atoms with Crippen molar-refractivity contribution >= 4 is 17.8 Å². The highest BCUT2D eigenvalue weighted by molar-refractivity contribution is 6.08. The maximum atomic E-state index is 12.6. The topological polar surface area (TPSA) is 81.8 Å². The summed E-state index contributed by atoms with van der Waals surface area (Å²) in [5, 5.41) is 3.68. The second-order valence-electron chi connectivity index (χ2n) is 7.23. The van der Waals surface area contributed by atoms with Crippen LogP contribution in [-0.4, -0.2) is 52.9 Å². The molecule has 0 bridgehead atoms. The number of hydrazine groups is 1. The summed E-state index contributed by atoms with van der Waals surface area (Å²) in [4.78, 5) is 39.0. The molecule has 3 aliphatic rings. The molecule has 3 fully saturated rings. The summed E-state index contributed by atoms with van der Waals surface area (Å²) < 4.78 is 0. The standard InChI is InChI=1S/C16H26N4O3/c1-12-6-5-9-19(10-12)11-13(21)18-20-14(22)16(17-15(20)23)7-3-2-4-8-16/h12H,2-11H2,1H3,(H,17,23)(H,18,21)/t12-/m1/s1. The fourth-order valence-electron chi connectivity index (χ4n) is 4.01. The fraction of sp³-hybridized carbons (Fsp3) is 0.812. The van der Waals surface area contributed by atoms with Crippen molar-refractivity contribution in [3.63, 3.8) is 0 Å². The van der Waals surface area contributed by atoms with E-state index in [4.69, 9.17) is 0 Å². The second-order valence-corrected chi connectivity index (χ2v) is 7.23. The predicted octanol–water partition coefficient (Wildman–Crippen LogP) is 1.00. The molecule has 23 heavy (non-hydrogen) atoms. The molecule has 128 valence electrons. The largest absolute Gasteiger partial charge is 0.344 e. The van der Waals surface area contributed by atoms with Crippen molar-refractivity contribution < 1.29 is 14.4 Å². The molecule has 2 heterocycles. The summed E-state index contributed by atoms with van der Waals surface area (Å²) in [6, 6.07) is -0.503. The smallest absolute Gasteiger partial charge is 0.322 e. The molecule has 0 radical (unpaired) electrons. The highest BCUT2D eigenvalue weighted by Crippen LogP contribution is 2.32. The number of imide groups is 1. The molecule has 1 aliphatic carbocycles. The number of amides is 4. The van der Waals surface area contributed by atoms with E-state index in [1.54, 1.807) is 0 Å². The minimum Gasteiger partial charge on any atom is -0.322 e. The number of carbonyl (C=O) groups excluding carboxylic acids is 3. The van der Waals surface area contributed by atoms with Gasteiger partial charge >= 0.3 is 6.03 Å². The molecule has 4 amide bonds. The molecular formula is C16H26N4O3. The van der Waals surface area contributed by atoms with Crippen LogP contribution in [0.5, 0.6) is 0 Å². The van der Waals surface area contributed by atoms with Gasteiger partial charge in [-0.15, -0.1) is 0 Å². The number of piperidine rings is 1. The van der Waals surface area contributed by atoms with Gasteiger partial charge in [0.05, 0.1) is 6.54 Å². The summed E-state index contributed by atoms with van der Waals surface area (Å²) in [6.45, 7) is 4.18. The normalized spacial score (nSPS) is 28.0. The summed E-state index contributed by atoms with van der Waals surface area (Å²) in [5.41, 5.74) is 1.71. The Bertz CT molecular complexity index is 502. The Morgan fingerprint density at radius 2 is 2.00 bits per heavy atom. The first-order valence-corrected chi connectivity index (χ1v) is 8.69. The molecule has 7 nitrogen and oxygen atoms in total. The predicted molar refractivity (Wildman–Crippen MR) is 84.2 cm³/mol. The van der Waals surface area contributed by atoms with Gasteiger partial charge in [0, 0.05) is 6.54 Å². The monoisotopic (exact) mass is 322 g/mol. The summed E-state index contributed by atoms with van der Waals surface area (Å²) in [5.74, 6) is -0.0169. The van der Waals surface area contributed by atoms with Crippen LogP contribution in [0.2, 0.25) is 0 Å². The molecule has 2 N–H and O–H groups in total. The molecule has 1 saturated carbocycles. The zero-order chi connectivity index (χ0) is 16.4. The van der Waals surface area contributed by atoms with Gasteiger partial charge in [0.15, 0.2) is 0 Å². The number of rotatable bonds is 3. The summed E-state index contributed by atoms with van der Waals surface area (Å²) in [7, 11) is 0. The SMILES string of the molecule is C[C@@H]1CCCN(CC(=O)NN2C(=O)NC3(CCCCC3)C2=O)C1. The Labute approximate surface area is 136 Å². The van der Waals surface area contributed by atoms with Crippen molar-refractivity contribution in [2.24, 2.45) is 5.92 Å². The van der Waals surface area contributed by atoms with Crippen LogP contribution in [0.4, 0.5) is 4.79 Å². The van der Waals surface area contributed by atoms with Crippen LogP contribution >= 0.6 is 0 Å². The maximum absolute atomic E-state index is 12.6. The lowest BCUT2D eigenvalue weighted by Crippen LogP contribution is -2.53. The van der Waals surface area contributed by atoms with Crippen LogP contribution in [-0.2, 0) is 9.59 Å². The van der Waals surface area contributed by atoms with Gasteiger partial charge in [0.2, 0.25) is 0 Å². The number of nitrogens with one attached hydrogen (secondary N) is 2. The second kappa shape index (κ2) is 6.47. The van der Waals surface area contributed by atoms with Crippen LogP contribution in [0.15, 0.2) is 0 Å². The summed E-state index contributed by atoms with van der Waals surface area (Å²) >= 11 is 0. The molecular weight excluding hydrogens is 296 g/mol. The van der Waals surface area contributed by atoms with Crippen molar-refractivity contribution in [1.29, 1.82) is 0 Å². The minimum absolute atomic E-state index is 0.231. The van der Waals surface area contributed by atoms with Gasteiger partial charge in [-0.2, -0.15) is 5.01 Å². The highest BCUT2D eigenvalue weighted by Gasteiger charge is 2.52. The molecule has 3 rings (SSSR count).